The summed E-state index contributed by atoms with van der Waals surface area (Å²) in [6.45, 7) is 9.20. The Hall–Kier alpha value is -2.32. The predicted molar refractivity (Wildman–Crippen MR) is 123 cm³/mol. The first-order valence-electron chi connectivity index (χ1n) is 11.9. The van der Waals surface area contributed by atoms with Crippen molar-refractivity contribution in [2.45, 2.75) is 71.7 Å². The van der Waals surface area contributed by atoms with Gasteiger partial charge in [0.05, 0.1) is 39.6 Å². The van der Waals surface area contributed by atoms with Crippen molar-refractivity contribution < 1.29 is 57.1 Å². The van der Waals surface area contributed by atoms with Crippen molar-refractivity contribution in [3.63, 3.8) is 0 Å². The number of carbonyl (C=O) groups excluding carboxylic acids is 4. The first-order valence-corrected chi connectivity index (χ1v) is 11.9. The number of carbonyl (C=O) groups is 4. The molecule has 1 fully saturated rings. The van der Waals surface area contributed by atoms with Gasteiger partial charge in [-0.05, 0) is 6.42 Å². The van der Waals surface area contributed by atoms with Crippen molar-refractivity contribution in [2.24, 2.45) is 0 Å². The van der Waals surface area contributed by atoms with Crippen molar-refractivity contribution in [3.05, 3.63) is 0 Å². The maximum atomic E-state index is 11.9. The van der Waals surface area contributed by atoms with E-state index in [9.17, 15) is 19.2 Å². The molecule has 0 aromatic heterocycles. The molecule has 208 valence electrons. The summed E-state index contributed by atoms with van der Waals surface area (Å²) >= 11 is 0. The highest BCUT2D eigenvalue weighted by Crippen LogP contribution is 2.28. The second-order valence-electron chi connectivity index (χ2n) is 7.93. The Morgan fingerprint density at radius 2 is 1.25 bits per heavy atom. The van der Waals surface area contributed by atoms with E-state index in [4.69, 9.17) is 37.9 Å². The van der Waals surface area contributed by atoms with Gasteiger partial charge in [0.25, 0.3) is 0 Å². The third-order valence-electron chi connectivity index (χ3n) is 4.67. The minimum atomic E-state index is -1.17. The van der Waals surface area contributed by atoms with Crippen molar-refractivity contribution in [1.82, 2.24) is 5.32 Å². The van der Waals surface area contributed by atoms with Crippen molar-refractivity contribution >= 4 is 23.8 Å². The molecule has 0 radical (unpaired) electrons. The number of nitrogens with one attached hydrogen (secondary N) is 1. The fraction of sp³-hybridized carbons (Fsp3) is 0.826. The summed E-state index contributed by atoms with van der Waals surface area (Å²) in [5, 5.41) is 2.63. The van der Waals surface area contributed by atoms with E-state index in [-0.39, 0.29) is 19.8 Å². The standard InChI is InChI=1S/C23H39NO12/c1-6-7-29-8-9-30-10-11-31-12-13-32-23-20(24-15(2)25)22(35-18(5)28)21(34-17(4)27)19(36-23)14-33-16(3)26/h19-23H,6-14H2,1-5H3,(H,24,25)/t19-,20-,21+,22-,23?/m1/s1. The Bertz CT molecular complexity index is 688. The van der Waals surface area contributed by atoms with Gasteiger partial charge in [0.15, 0.2) is 18.5 Å². The lowest BCUT2D eigenvalue weighted by atomic mass is 9.96. The average molecular weight is 522 g/mol. The molecule has 13 heteroatoms. The Kier molecular flexibility index (Phi) is 15.9. The van der Waals surface area contributed by atoms with Gasteiger partial charge in [0, 0.05) is 34.3 Å². The number of esters is 3. The van der Waals surface area contributed by atoms with Crippen molar-refractivity contribution in [1.29, 1.82) is 0 Å². The molecule has 0 bridgehead atoms. The topological polar surface area (TPSA) is 154 Å². The molecular weight excluding hydrogens is 482 g/mol. The number of rotatable bonds is 17. The van der Waals surface area contributed by atoms with Crippen molar-refractivity contribution in [3.8, 4) is 0 Å². The van der Waals surface area contributed by atoms with E-state index in [0.717, 1.165) is 6.42 Å². The summed E-state index contributed by atoms with van der Waals surface area (Å²) in [6.07, 6.45) is -3.54. The SMILES string of the molecule is CCCOCCOCCOCCOC1O[C@H](COC(C)=O)[C@H](OC(C)=O)[C@H](OC(C)=O)[C@H]1NC(C)=O. The van der Waals surface area contributed by atoms with Crippen LogP contribution >= 0.6 is 0 Å². The molecule has 1 N–H and O–H groups in total. The van der Waals surface area contributed by atoms with Crippen LogP contribution in [0.4, 0.5) is 0 Å². The van der Waals surface area contributed by atoms with E-state index in [2.05, 4.69) is 5.32 Å². The normalized spacial score (nSPS) is 23.5. The fourth-order valence-electron chi connectivity index (χ4n) is 3.34. The number of amides is 1. The van der Waals surface area contributed by atoms with Crippen LogP contribution < -0.4 is 5.32 Å². The Labute approximate surface area is 211 Å². The lowest BCUT2D eigenvalue weighted by Gasteiger charge is -2.44. The lowest BCUT2D eigenvalue weighted by Crippen LogP contribution is -2.66. The molecule has 36 heavy (non-hydrogen) atoms. The summed E-state index contributed by atoms with van der Waals surface area (Å²) in [6, 6.07) is -1.02. The summed E-state index contributed by atoms with van der Waals surface area (Å²) in [4.78, 5) is 46.8. The smallest absolute Gasteiger partial charge is 0.303 e. The molecule has 0 aliphatic carbocycles. The predicted octanol–water partition coefficient (Wildman–Crippen LogP) is 0.119. The molecular formula is C23H39NO12. The highest BCUT2D eigenvalue weighted by Gasteiger charge is 2.51. The maximum absolute atomic E-state index is 11.9. The Morgan fingerprint density at radius 3 is 1.75 bits per heavy atom. The zero-order valence-corrected chi connectivity index (χ0v) is 21.6. The van der Waals surface area contributed by atoms with Crippen LogP contribution in [0.5, 0.6) is 0 Å². The molecule has 1 aliphatic rings. The Balaban J connectivity index is 2.77. The van der Waals surface area contributed by atoms with Gasteiger partial charge in [-0.15, -0.1) is 0 Å². The van der Waals surface area contributed by atoms with Crippen molar-refractivity contribution in [2.75, 3.05) is 52.9 Å². The van der Waals surface area contributed by atoms with E-state index >= 15 is 0 Å². The third kappa shape index (κ3) is 13.1. The van der Waals surface area contributed by atoms with E-state index in [1.165, 1.54) is 27.7 Å². The van der Waals surface area contributed by atoms with Gasteiger partial charge in [-0.25, -0.2) is 0 Å². The highest BCUT2D eigenvalue weighted by molar-refractivity contribution is 5.73. The molecule has 5 atom stereocenters. The van der Waals surface area contributed by atoms with E-state index in [0.29, 0.717) is 33.0 Å². The molecule has 0 saturated carbocycles. The van der Waals surface area contributed by atoms with Crippen LogP contribution in [0.1, 0.15) is 41.0 Å². The molecule has 1 unspecified atom stereocenters. The van der Waals surface area contributed by atoms with Crippen LogP contribution in [0.3, 0.4) is 0 Å². The first-order chi connectivity index (χ1) is 17.1. The third-order valence-corrected chi connectivity index (χ3v) is 4.67. The number of hydrogen-bond donors (Lipinski definition) is 1. The quantitative estimate of drug-likeness (QED) is 0.157. The molecule has 1 rings (SSSR count). The fourth-order valence-corrected chi connectivity index (χ4v) is 3.34. The van der Waals surface area contributed by atoms with Crippen LogP contribution in [0.2, 0.25) is 0 Å². The van der Waals surface area contributed by atoms with E-state index in [1.807, 2.05) is 6.92 Å². The van der Waals surface area contributed by atoms with Gasteiger partial charge in [-0.1, -0.05) is 6.92 Å². The second-order valence-corrected chi connectivity index (χ2v) is 7.93. The van der Waals surface area contributed by atoms with Gasteiger partial charge in [0.1, 0.15) is 18.8 Å². The number of hydrogen-bond acceptors (Lipinski definition) is 12. The largest absolute Gasteiger partial charge is 0.463 e. The summed E-state index contributed by atoms with van der Waals surface area (Å²) in [7, 11) is 0. The van der Waals surface area contributed by atoms with Crippen LogP contribution in [0.25, 0.3) is 0 Å². The van der Waals surface area contributed by atoms with Crippen LogP contribution in [-0.4, -0.2) is 107 Å². The lowest BCUT2D eigenvalue weighted by molar-refractivity contribution is -0.279. The van der Waals surface area contributed by atoms with Crippen LogP contribution in [-0.2, 0) is 57.1 Å². The van der Waals surface area contributed by atoms with Gasteiger partial charge in [-0.3, -0.25) is 19.2 Å². The highest BCUT2D eigenvalue weighted by atomic mass is 16.7. The molecule has 1 heterocycles. The summed E-state index contributed by atoms with van der Waals surface area (Å²) < 4.78 is 43.6. The molecule has 0 spiro atoms. The van der Waals surface area contributed by atoms with E-state index < -0.39 is 54.5 Å². The van der Waals surface area contributed by atoms with Crippen LogP contribution in [0.15, 0.2) is 0 Å². The molecule has 1 aliphatic heterocycles. The summed E-state index contributed by atoms with van der Waals surface area (Å²) in [5.74, 6) is -2.39. The molecule has 13 nitrogen and oxygen atoms in total. The van der Waals surface area contributed by atoms with Gasteiger partial charge < -0.3 is 43.2 Å². The molecule has 1 saturated heterocycles. The maximum Gasteiger partial charge on any atom is 0.303 e. The second kappa shape index (κ2) is 18.0. The zero-order chi connectivity index (χ0) is 26.9. The van der Waals surface area contributed by atoms with Crippen LogP contribution in [0, 0.1) is 0 Å². The van der Waals surface area contributed by atoms with Gasteiger partial charge >= 0.3 is 17.9 Å². The first kappa shape index (κ1) is 31.7. The zero-order valence-electron chi connectivity index (χ0n) is 21.6. The monoisotopic (exact) mass is 521 g/mol. The number of ether oxygens (including phenoxy) is 8. The minimum Gasteiger partial charge on any atom is -0.463 e. The molecule has 0 aromatic rings. The Morgan fingerprint density at radius 1 is 0.722 bits per heavy atom. The average Bonchev–Trinajstić information content (AvgIpc) is 2.78. The molecule has 0 aromatic carbocycles. The van der Waals surface area contributed by atoms with Gasteiger partial charge in [0.2, 0.25) is 5.91 Å². The molecule has 1 amide bonds. The minimum absolute atomic E-state index is 0.0612. The summed E-state index contributed by atoms with van der Waals surface area (Å²) in [5.41, 5.74) is 0. The van der Waals surface area contributed by atoms with E-state index in [1.54, 1.807) is 0 Å². The van der Waals surface area contributed by atoms with Gasteiger partial charge in [-0.2, -0.15) is 0 Å².